The van der Waals surface area contributed by atoms with E-state index in [4.69, 9.17) is 21.7 Å². The summed E-state index contributed by atoms with van der Waals surface area (Å²) in [7, 11) is 0. The van der Waals surface area contributed by atoms with Gasteiger partial charge in [-0.05, 0) is 86.8 Å². The van der Waals surface area contributed by atoms with E-state index in [2.05, 4.69) is 16.0 Å². The number of rotatable bonds is 7. The Morgan fingerprint density at radius 1 is 1.08 bits per heavy atom. The Hall–Kier alpha value is -3.40. The predicted octanol–water partition coefficient (Wildman–Crippen LogP) is 3.68. The zero-order valence-electron chi connectivity index (χ0n) is 20.4. The Bertz CT molecular complexity index is 1110. The van der Waals surface area contributed by atoms with E-state index in [-0.39, 0.29) is 36.4 Å². The average molecular weight is 515 g/mol. The number of benzene rings is 2. The number of carbonyl (C=O) groups excluding carboxylic acids is 2. The number of halogens is 1. The predicted molar refractivity (Wildman–Crippen MR) is 139 cm³/mol. The lowest BCUT2D eigenvalue weighted by Crippen LogP contribution is -2.55. The van der Waals surface area contributed by atoms with Gasteiger partial charge in [-0.15, -0.1) is 0 Å². The summed E-state index contributed by atoms with van der Waals surface area (Å²) in [6, 6.07) is 10.3. The number of nitrogens with one attached hydrogen (secondary N) is 3. The van der Waals surface area contributed by atoms with E-state index in [1.165, 1.54) is 12.1 Å². The third kappa shape index (κ3) is 6.23. The minimum absolute atomic E-state index is 0.00461. The second-order valence-electron chi connectivity index (χ2n) is 9.10. The van der Waals surface area contributed by atoms with Gasteiger partial charge in [-0.2, -0.15) is 0 Å². The molecule has 192 valence electrons. The number of hydrogen-bond donors (Lipinski definition) is 3. The minimum atomic E-state index is -0.683. The maximum Gasteiger partial charge on any atom is 0.252 e. The standard InChI is InChI=1S/C26H31FN4O4S/c1-3-16(2)28-25(33)23(30-24(32)18-4-9-21-22(14-18)35-15-34-21)17-10-12-31(13-11-17)26(36)29-20-7-5-19(27)6-8-20/h4-9,14,16-17,23H,3,10-13,15H2,1-2H3,(H,28,33)(H,29,36)(H,30,32)/t16-,23+/m0/s1. The molecule has 4 rings (SSSR count). The van der Waals surface area contributed by atoms with Crippen LogP contribution in [0.3, 0.4) is 0 Å². The molecule has 2 aromatic carbocycles. The largest absolute Gasteiger partial charge is 0.454 e. The second kappa shape index (κ2) is 11.6. The van der Waals surface area contributed by atoms with Gasteiger partial charge in [0.15, 0.2) is 16.6 Å². The van der Waals surface area contributed by atoms with Crippen LogP contribution in [0.2, 0.25) is 0 Å². The van der Waals surface area contributed by atoms with Crippen molar-refractivity contribution in [3.63, 3.8) is 0 Å². The van der Waals surface area contributed by atoms with E-state index in [1.807, 2.05) is 18.7 Å². The normalized spacial score (nSPS) is 16.7. The molecule has 0 bridgehead atoms. The molecule has 2 aromatic rings. The fourth-order valence-corrected chi connectivity index (χ4v) is 4.57. The van der Waals surface area contributed by atoms with Crippen LogP contribution in [0.1, 0.15) is 43.5 Å². The van der Waals surface area contributed by atoms with Crippen LogP contribution in [-0.2, 0) is 4.79 Å². The summed E-state index contributed by atoms with van der Waals surface area (Å²) in [6.07, 6.45) is 2.13. The van der Waals surface area contributed by atoms with Crippen molar-refractivity contribution in [2.45, 2.75) is 45.2 Å². The SMILES string of the molecule is CC[C@H](C)NC(=O)[C@H](NC(=O)c1ccc2c(c1)OCO2)C1CCN(C(=S)Nc2ccc(F)cc2)CC1. The summed E-state index contributed by atoms with van der Waals surface area (Å²) >= 11 is 5.54. The molecule has 2 atom stereocenters. The highest BCUT2D eigenvalue weighted by atomic mass is 32.1. The van der Waals surface area contributed by atoms with E-state index in [0.717, 1.165) is 6.42 Å². The molecule has 2 aliphatic heterocycles. The Morgan fingerprint density at radius 2 is 1.78 bits per heavy atom. The first-order valence-corrected chi connectivity index (χ1v) is 12.6. The Balaban J connectivity index is 1.40. The summed E-state index contributed by atoms with van der Waals surface area (Å²) in [5, 5.41) is 9.66. The highest BCUT2D eigenvalue weighted by Crippen LogP contribution is 2.32. The third-order valence-electron chi connectivity index (χ3n) is 6.60. The molecule has 0 aromatic heterocycles. The first kappa shape index (κ1) is 25.7. The number of carbonyl (C=O) groups is 2. The summed E-state index contributed by atoms with van der Waals surface area (Å²) < 4.78 is 23.9. The number of fused-ring (bicyclic) bond motifs is 1. The zero-order chi connectivity index (χ0) is 25.7. The molecule has 1 fully saturated rings. The van der Waals surface area contributed by atoms with Crippen molar-refractivity contribution in [1.29, 1.82) is 0 Å². The van der Waals surface area contributed by atoms with Gasteiger partial charge < -0.3 is 30.3 Å². The number of thiocarbonyl (C=S) groups is 1. The van der Waals surface area contributed by atoms with Gasteiger partial charge in [0, 0.05) is 30.4 Å². The molecule has 10 heteroatoms. The van der Waals surface area contributed by atoms with E-state index in [9.17, 15) is 14.0 Å². The van der Waals surface area contributed by atoms with Crippen molar-refractivity contribution in [3.8, 4) is 11.5 Å². The molecule has 0 aliphatic carbocycles. The lowest BCUT2D eigenvalue weighted by Gasteiger charge is -2.37. The van der Waals surface area contributed by atoms with Crippen molar-refractivity contribution in [3.05, 3.63) is 53.8 Å². The van der Waals surface area contributed by atoms with Crippen LogP contribution in [0.25, 0.3) is 0 Å². The molecule has 2 aliphatic rings. The minimum Gasteiger partial charge on any atom is -0.454 e. The summed E-state index contributed by atoms with van der Waals surface area (Å²) in [6.45, 7) is 5.32. The second-order valence-corrected chi connectivity index (χ2v) is 9.49. The molecular weight excluding hydrogens is 483 g/mol. The van der Waals surface area contributed by atoms with E-state index < -0.39 is 6.04 Å². The first-order chi connectivity index (χ1) is 17.3. The van der Waals surface area contributed by atoms with Gasteiger partial charge in [0.05, 0.1) is 0 Å². The van der Waals surface area contributed by atoms with Crippen LogP contribution >= 0.6 is 12.2 Å². The summed E-state index contributed by atoms with van der Waals surface area (Å²) in [5.74, 6) is 0.208. The molecule has 36 heavy (non-hydrogen) atoms. The highest BCUT2D eigenvalue weighted by molar-refractivity contribution is 7.80. The quantitative estimate of drug-likeness (QED) is 0.486. The monoisotopic (exact) mass is 514 g/mol. The van der Waals surface area contributed by atoms with Crippen LogP contribution < -0.4 is 25.4 Å². The average Bonchev–Trinajstić information content (AvgIpc) is 3.36. The maximum atomic E-state index is 13.2. The molecule has 0 unspecified atom stereocenters. The van der Waals surface area contributed by atoms with Crippen molar-refractivity contribution in [2.75, 3.05) is 25.2 Å². The van der Waals surface area contributed by atoms with Gasteiger partial charge in [0.25, 0.3) is 5.91 Å². The number of ether oxygens (including phenoxy) is 2. The summed E-state index contributed by atoms with van der Waals surface area (Å²) in [5.41, 5.74) is 1.12. The Morgan fingerprint density at radius 3 is 2.47 bits per heavy atom. The maximum absolute atomic E-state index is 13.2. The highest BCUT2D eigenvalue weighted by Gasteiger charge is 2.34. The molecule has 0 saturated carbocycles. The lowest BCUT2D eigenvalue weighted by atomic mass is 9.88. The Labute approximate surface area is 215 Å². The molecule has 0 spiro atoms. The van der Waals surface area contributed by atoms with Crippen LogP contribution in [0.5, 0.6) is 11.5 Å². The fraction of sp³-hybridized carbons (Fsp3) is 0.423. The lowest BCUT2D eigenvalue weighted by molar-refractivity contribution is -0.125. The van der Waals surface area contributed by atoms with Crippen LogP contribution in [-0.4, -0.2) is 53.8 Å². The van der Waals surface area contributed by atoms with Gasteiger partial charge in [0.2, 0.25) is 12.7 Å². The van der Waals surface area contributed by atoms with Crippen molar-refractivity contribution >= 4 is 34.8 Å². The molecule has 1 saturated heterocycles. The number of anilines is 1. The molecule has 8 nitrogen and oxygen atoms in total. The number of hydrogen-bond acceptors (Lipinski definition) is 5. The van der Waals surface area contributed by atoms with E-state index in [1.54, 1.807) is 30.3 Å². The van der Waals surface area contributed by atoms with Crippen LogP contribution in [0.15, 0.2) is 42.5 Å². The van der Waals surface area contributed by atoms with Crippen LogP contribution in [0.4, 0.5) is 10.1 Å². The number of piperidine rings is 1. The first-order valence-electron chi connectivity index (χ1n) is 12.2. The smallest absolute Gasteiger partial charge is 0.252 e. The molecular formula is C26H31FN4O4S. The van der Waals surface area contributed by atoms with Gasteiger partial charge in [-0.3, -0.25) is 9.59 Å². The van der Waals surface area contributed by atoms with Gasteiger partial charge in [0.1, 0.15) is 11.9 Å². The third-order valence-corrected chi connectivity index (χ3v) is 6.96. The zero-order valence-corrected chi connectivity index (χ0v) is 21.2. The molecule has 2 heterocycles. The number of nitrogens with zero attached hydrogens (tertiary/aromatic N) is 1. The van der Waals surface area contributed by atoms with Crippen molar-refractivity contribution in [2.24, 2.45) is 5.92 Å². The van der Waals surface area contributed by atoms with Gasteiger partial charge >= 0.3 is 0 Å². The van der Waals surface area contributed by atoms with Crippen molar-refractivity contribution in [1.82, 2.24) is 15.5 Å². The van der Waals surface area contributed by atoms with E-state index in [0.29, 0.717) is 53.8 Å². The Kier molecular flexibility index (Phi) is 8.25. The molecule has 3 N–H and O–H groups in total. The topological polar surface area (TPSA) is 91.9 Å². The molecule has 2 amide bonds. The number of amides is 2. The fourth-order valence-electron chi connectivity index (χ4n) is 4.27. The van der Waals surface area contributed by atoms with Crippen LogP contribution in [0, 0.1) is 11.7 Å². The molecule has 0 radical (unpaired) electrons. The summed E-state index contributed by atoms with van der Waals surface area (Å²) in [4.78, 5) is 28.3. The number of likely N-dealkylation sites (tertiary alicyclic amines) is 1. The van der Waals surface area contributed by atoms with Crippen molar-refractivity contribution < 1.29 is 23.5 Å². The van der Waals surface area contributed by atoms with Gasteiger partial charge in [-0.1, -0.05) is 6.92 Å². The van der Waals surface area contributed by atoms with E-state index >= 15 is 0 Å². The van der Waals surface area contributed by atoms with Gasteiger partial charge in [-0.25, -0.2) is 4.39 Å².